The maximum atomic E-state index is 3.75. The van der Waals surface area contributed by atoms with Crippen molar-refractivity contribution in [3.63, 3.8) is 0 Å². The number of para-hydroxylation sites is 1. The smallest absolute Gasteiger partial charge is 0.0544 e. The molecule has 0 atom stereocenters. The summed E-state index contributed by atoms with van der Waals surface area (Å²) in [7, 11) is 0. The van der Waals surface area contributed by atoms with Crippen LogP contribution in [0.15, 0.2) is 158 Å². The lowest BCUT2D eigenvalue weighted by Crippen LogP contribution is -2.14. The standard InChI is InChI=1S/C45H33N/c1-45(2)41-20-8-6-18-36(41)39-26-33(22-23-42(39)45)31-15-10-14-30(24-31)32-16-11-17-34(25-32)38-27-35(29-12-4-3-5-13-29)28-40-37-19-7-9-21-43(37)46-44(38)40/h3-28,46H,1-2H3. The predicted octanol–water partition coefficient (Wildman–Crippen LogP) is 12.3. The molecular weight excluding hydrogens is 555 g/mol. The van der Waals surface area contributed by atoms with Gasteiger partial charge in [-0.15, -0.1) is 0 Å². The third kappa shape index (κ3) is 4.16. The van der Waals surface area contributed by atoms with Gasteiger partial charge < -0.3 is 4.98 Å². The second-order valence-corrected chi connectivity index (χ2v) is 13.1. The molecule has 218 valence electrons. The molecule has 0 unspecified atom stereocenters. The first-order chi connectivity index (χ1) is 22.5. The molecule has 1 aliphatic carbocycles. The van der Waals surface area contributed by atoms with Crippen LogP contribution in [0, 0.1) is 0 Å². The monoisotopic (exact) mass is 587 g/mol. The molecule has 1 aliphatic rings. The molecule has 0 saturated carbocycles. The number of aromatic amines is 1. The van der Waals surface area contributed by atoms with Crippen LogP contribution in [0.1, 0.15) is 25.0 Å². The summed E-state index contributed by atoms with van der Waals surface area (Å²) in [5.74, 6) is 0. The Hall–Kier alpha value is -5.66. The minimum Gasteiger partial charge on any atom is -0.354 e. The molecule has 0 amide bonds. The number of H-pyrrole nitrogens is 1. The van der Waals surface area contributed by atoms with E-state index in [0.717, 1.165) is 5.52 Å². The summed E-state index contributed by atoms with van der Waals surface area (Å²) < 4.78 is 0. The van der Waals surface area contributed by atoms with Crippen LogP contribution < -0.4 is 0 Å². The molecule has 0 aliphatic heterocycles. The van der Waals surface area contributed by atoms with Gasteiger partial charge in [0, 0.05) is 27.3 Å². The van der Waals surface area contributed by atoms with Crippen molar-refractivity contribution in [2.24, 2.45) is 0 Å². The fourth-order valence-corrected chi connectivity index (χ4v) is 7.62. The van der Waals surface area contributed by atoms with Crippen LogP contribution in [0.2, 0.25) is 0 Å². The van der Waals surface area contributed by atoms with Crippen LogP contribution in [0.4, 0.5) is 0 Å². The second-order valence-electron chi connectivity index (χ2n) is 13.1. The van der Waals surface area contributed by atoms with Gasteiger partial charge >= 0.3 is 0 Å². The van der Waals surface area contributed by atoms with E-state index < -0.39 is 0 Å². The molecule has 0 bridgehead atoms. The van der Waals surface area contributed by atoms with E-state index in [2.05, 4.69) is 177 Å². The molecule has 1 heterocycles. The van der Waals surface area contributed by atoms with Gasteiger partial charge in [0.15, 0.2) is 0 Å². The van der Waals surface area contributed by atoms with Crippen LogP contribution in [0.25, 0.3) is 77.4 Å². The zero-order valence-electron chi connectivity index (χ0n) is 26.0. The van der Waals surface area contributed by atoms with Crippen LogP contribution in [0.5, 0.6) is 0 Å². The van der Waals surface area contributed by atoms with Crippen molar-refractivity contribution >= 4 is 21.8 Å². The Kier molecular flexibility index (Phi) is 5.92. The average molecular weight is 588 g/mol. The van der Waals surface area contributed by atoms with Crippen molar-refractivity contribution in [1.29, 1.82) is 0 Å². The lowest BCUT2D eigenvalue weighted by atomic mass is 9.82. The summed E-state index contributed by atoms with van der Waals surface area (Å²) in [6, 6.07) is 57.9. The molecule has 0 radical (unpaired) electrons. The summed E-state index contributed by atoms with van der Waals surface area (Å²) in [6.45, 7) is 4.67. The summed E-state index contributed by atoms with van der Waals surface area (Å²) in [5.41, 5.74) is 17.6. The third-order valence-corrected chi connectivity index (χ3v) is 10.0. The minimum absolute atomic E-state index is 0.0148. The maximum Gasteiger partial charge on any atom is 0.0544 e. The van der Waals surface area contributed by atoms with Gasteiger partial charge in [-0.25, -0.2) is 0 Å². The van der Waals surface area contributed by atoms with E-state index in [0.29, 0.717) is 0 Å². The SMILES string of the molecule is CC1(C)c2ccccc2-c2cc(-c3cccc(-c4cccc(-c5cc(-c6ccccc6)cc6c5[nH]c5ccccc56)c4)c3)ccc21. The van der Waals surface area contributed by atoms with Crippen molar-refractivity contribution in [2.75, 3.05) is 0 Å². The summed E-state index contributed by atoms with van der Waals surface area (Å²) in [5, 5.41) is 2.50. The number of fused-ring (bicyclic) bond motifs is 6. The third-order valence-electron chi connectivity index (χ3n) is 10.0. The summed E-state index contributed by atoms with van der Waals surface area (Å²) in [6.07, 6.45) is 0. The van der Waals surface area contributed by atoms with Crippen LogP contribution in [-0.4, -0.2) is 4.98 Å². The average Bonchev–Trinajstić information content (AvgIpc) is 3.60. The van der Waals surface area contributed by atoms with Crippen molar-refractivity contribution in [1.82, 2.24) is 4.98 Å². The maximum absolute atomic E-state index is 3.75. The number of rotatable bonds is 4. The van der Waals surface area contributed by atoms with Crippen LogP contribution in [0.3, 0.4) is 0 Å². The van der Waals surface area contributed by atoms with Gasteiger partial charge in [-0.2, -0.15) is 0 Å². The number of hydrogen-bond donors (Lipinski definition) is 1. The highest BCUT2D eigenvalue weighted by atomic mass is 14.7. The molecule has 0 spiro atoms. The number of hydrogen-bond acceptors (Lipinski definition) is 0. The molecule has 1 aromatic heterocycles. The molecule has 1 nitrogen and oxygen atoms in total. The molecule has 8 aromatic rings. The molecule has 0 saturated heterocycles. The zero-order chi connectivity index (χ0) is 30.8. The highest BCUT2D eigenvalue weighted by Crippen LogP contribution is 2.49. The summed E-state index contributed by atoms with van der Waals surface area (Å²) >= 11 is 0. The normalized spacial score (nSPS) is 13.2. The molecule has 1 heteroatoms. The van der Waals surface area contributed by atoms with Gasteiger partial charge in [0.1, 0.15) is 0 Å². The van der Waals surface area contributed by atoms with Crippen molar-refractivity contribution in [3.8, 4) is 55.6 Å². The number of nitrogens with one attached hydrogen (secondary N) is 1. The van der Waals surface area contributed by atoms with Crippen molar-refractivity contribution in [3.05, 3.63) is 169 Å². The van der Waals surface area contributed by atoms with Crippen LogP contribution >= 0.6 is 0 Å². The van der Waals surface area contributed by atoms with Crippen molar-refractivity contribution in [2.45, 2.75) is 19.3 Å². The van der Waals surface area contributed by atoms with Crippen LogP contribution in [-0.2, 0) is 5.41 Å². The number of aromatic nitrogens is 1. The molecule has 7 aromatic carbocycles. The molecule has 9 rings (SSSR count). The van der Waals surface area contributed by atoms with E-state index in [4.69, 9.17) is 0 Å². The largest absolute Gasteiger partial charge is 0.354 e. The highest BCUT2D eigenvalue weighted by molar-refractivity contribution is 6.13. The van der Waals surface area contributed by atoms with E-state index in [-0.39, 0.29) is 5.41 Å². The first kappa shape index (κ1) is 26.7. The van der Waals surface area contributed by atoms with Gasteiger partial charge in [-0.3, -0.25) is 0 Å². The predicted molar refractivity (Wildman–Crippen MR) is 195 cm³/mol. The lowest BCUT2D eigenvalue weighted by molar-refractivity contribution is 0.660. The van der Waals surface area contributed by atoms with Gasteiger partial charge in [-0.1, -0.05) is 135 Å². The van der Waals surface area contributed by atoms with E-state index >= 15 is 0 Å². The summed E-state index contributed by atoms with van der Waals surface area (Å²) in [4.78, 5) is 3.75. The van der Waals surface area contributed by atoms with E-state index in [1.165, 1.54) is 83.1 Å². The van der Waals surface area contributed by atoms with Gasteiger partial charge in [0.25, 0.3) is 0 Å². The molecule has 46 heavy (non-hydrogen) atoms. The molecular formula is C45H33N. The Bertz CT molecular complexity index is 2440. The Morgan fingerprint density at radius 2 is 0.957 bits per heavy atom. The van der Waals surface area contributed by atoms with Gasteiger partial charge in [0.05, 0.1) is 5.52 Å². The van der Waals surface area contributed by atoms with E-state index in [1.54, 1.807) is 0 Å². The first-order valence-electron chi connectivity index (χ1n) is 16.1. The Morgan fingerprint density at radius 1 is 0.370 bits per heavy atom. The number of benzene rings is 7. The Morgan fingerprint density at radius 3 is 1.76 bits per heavy atom. The van der Waals surface area contributed by atoms with Gasteiger partial charge in [0.2, 0.25) is 0 Å². The van der Waals surface area contributed by atoms with E-state index in [1.807, 2.05) is 0 Å². The first-order valence-corrected chi connectivity index (χ1v) is 16.1. The highest BCUT2D eigenvalue weighted by Gasteiger charge is 2.35. The quantitative estimate of drug-likeness (QED) is 0.211. The molecule has 0 fully saturated rings. The lowest BCUT2D eigenvalue weighted by Gasteiger charge is -2.21. The minimum atomic E-state index is 0.0148. The Labute approximate surface area is 269 Å². The fourth-order valence-electron chi connectivity index (χ4n) is 7.62. The van der Waals surface area contributed by atoms with E-state index in [9.17, 15) is 0 Å². The van der Waals surface area contributed by atoms with Gasteiger partial charge in [-0.05, 0) is 97.6 Å². The zero-order valence-corrected chi connectivity index (χ0v) is 26.0. The second kappa shape index (κ2) is 10.2. The van der Waals surface area contributed by atoms with Crippen molar-refractivity contribution < 1.29 is 0 Å². The topological polar surface area (TPSA) is 15.8 Å². The Balaban J connectivity index is 1.16. The fraction of sp³-hybridized carbons (Fsp3) is 0.0667. The molecule has 1 N–H and O–H groups in total.